The second-order valence-electron chi connectivity index (χ2n) is 32.0. The van der Waals surface area contributed by atoms with Gasteiger partial charge in [-0.15, -0.1) is 0 Å². The molecule has 1 aromatic carbocycles. The second kappa shape index (κ2) is 48.7. The van der Waals surface area contributed by atoms with E-state index >= 15 is 19.2 Å². The summed E-state index contributed by atoms with van der Waals surface area (Å²) in [6, 6.07) is -7.17. The predicted molar refractivity (Wildman–Crippen MR) is 411 cm³/mol. The summed E-state index contributed by atoms with van der Waals surface area (Å²) in [6.07, 6.45) is -9.63. The average molecular weight is 1590 g/mol. The van der Waals surface area contributed by atoms with Crippen LogP contribution in [0.1, 0.15) is 207 Å². The number of benzene rings is 1. The molecule has 0 saturated carbocycles. The zero-order valence-corrected chi connectivity index (χ0v) is 68.3. The standard InChI is InChI=1S/C75H129N15O22/c1-18-19-20-21-25-28-55(93)108-54(29-35-76)65(101)90-57(45(5)92)67(103)86-50(33-39-80-70(106)111-74(12,13)14)60(96)82-47-30-36-77-66(102)56(44(4)91)89-62(98)51(34-40-81-71(107)112-75(15,16)17)84-59(95)48(31-37-78-68(104)109-72(6,7)8)85-63(99)52(41-43(2)3)87-64(100)53(42-46-26-23-22-24-27-46)88-61(97)49(83-58(47)94)32-38-79-69(105)110-73(9,10)11/h22-24,26-27,43-45,47-54,56-57,62,89,91-92,98H,18-21,25,28-42,76H2,1-17H3,(H,77,102)(H,78,104)(H,79,105)(H,80,106)(H,81,107)(H,82,96)(H,83,94)(H,84,95)(H,85,99)(H,86,103)(H,87,100)(H,88,97)(H,90,101)/t44-,45?,47-,48-,49-,50-,51-,52-,53+,54-,56-,57-,62?/m0/s1. The Morgan fingerprint density at radius 1 is 0.545 bits per heavy atom. The summed E-state index contributed by atoms with van der Waals surface area (Å²) in [7, 11) is 0. The van der Waals surface area contributed by atoms with Gasteiger partial charge in [-0.25, -0.2) is 19.2 Å². The van der Waals surface area contributed by atoms with Crippen LogP contribution in [0.25, 0.3) is 0 Å². The van der Waals surface area contributed by atoms with Gasteiger partial charge in [0.2, 0.25) is 47.3 Å². The topological polar surface area (TPSA) is 540 Å². The van der Waals surface area contributed by atoms with Crippen molar-refractivity contribution in [3.05, 3.63) is 35.9 Å². The highest BCUT2D eigenvalue weighted by atomic mass is 16.6. The Bertz CT molecular complexity index is 3210. The van der Waals surface area contributed by atoms with Gasteiger partial charge in [-0.1, -0.05) is 76.8 Å². The van der Waals surface area contributed by atoms with Crippen molar-refractivity contribution in [3.8, 4) is 0 Å². The van der Waals surface area contributed by atoms with Gasteiger partial charge in [0, 0.05) is 52.0 Å². The van der Waals surface area contributed by atoms with Crippen LogP contribution in [-0.4, -0.2) is 239 Å². The van der Waals surface area contributed by atoms with Crippen molar-refractivity contribution >= 4 is 83.5 Å². The lowest BCUT2D eigenvalue weighted by molar-refractivity contribution is -0.157. The molecule has 1 saturated heterocycles. The van der Waals surface area contributed by atoms with E-state index in [1.54, 1.807) is 127 Å². The largest absolute Gasteiger partial charge is 0.452 e. The lowest BCUT2D eigenvalue weighted by atomic mass is 10.00. The Morgan fingerprint density at radius 2 is 1.01 bits per heavy atom. The molecule has 2 unspecified atom stereocenters. The number of ether oxygens (including phenoxy) is 5. The molecular weight excluding hydrogens is 1460 g/mol. The molecule has 37 nitrogen and oxygen atoms in total. The number of alkyl carbamates (subject to hydrolysis) is 4. The summed E-state index contributed by atoms with van der Waals surface area (Å²) in [6.45, 7) is 24.7. The van der Waals surface area contributed by atoms with Crippen LogP contribution in [0.2, 0.25) is 0 Å². The first-order valence-corrected chi connectivity index (χ1v) is 38.4. The van der Waals surface area contributed by atoms with E-state index in [0.717, 1.165) is 39.5 Å². The van der Waals surface area contributed by atoms with Crippen LogP contribution in [0.3, 0.4) is 0 Å². The van der Waals surface area contributed by atoms with Gasteiger partial charge in [0.25, 0.3) is 5.91 Å². The molecule has 13 atom stereocenters. The summed E-state index contributed by atoms with van der Waals surface area (Å²) < 4.78 is 27.1. The summed E-state index contributed by atoms with van der Waals surface area (Å²) in [5.74, 6) is -10.8. The fourth-order valence-corrected chi connectivity index (χ4v) is 10.9. The van der Waals surface area contributed by atoms with Crippen molar-refractivity contribution in [1.82, 2.24) is 74.4 Å². The van der Waals surface area contributed by atoms with E-state index in [2.05, 4.69) is 74.4 Å². The lowest BCUT2D eigenvalue weighted by Crippen LogP contribution is -2.62. The third kappa shape index (κ3) is 41.9. The normalized spacial score (nSPS) is 20.9. The average Bonchev–Trinajstić information content (AvgIpc) is 0.937. The summed E-state index contributed by atoms with van der Waals surface area (Å²) >= 11 is 0. The maximum absolute atomic E-state index is 15.3. The first kappa shape index (κ1) is 98.9. The van der Waals surface area contributed by atoms with Gasteiger partial charge < -0.3 is 114 Å². The first-order valence-electron chi connectivity index (χ1n) is 38.4. The molecule has 0 aromatic heterocycles. The highest BCUT2D eigenvalue weighted by Crippen LogP contribution is 2.16. The molecule has 636 valence electrons. The predicted octanol–water partition coefficient (Wildman–Crippen LogP) is 0.992. The zero-order valence-electron chi connectivity index (χ0n) is 68.3. The Hall–Kier alpha value is -9.20. The molecule has 2 rings (SSSR count). The molecule has 37 heteroatoms. The quantitative estimate of drug-likeness (QED) is 0.0265. The molecule has 1 aliphatic heterocycles. The van der Waals surface area contributed by atoms with Gasteiger partial charge in [-0.05, 0) is 160 Å². The number of carbonyl (C=O) groups excluding carboxylic acids is 14. The van der Waals surface area contributed by atoms with Crippen molar-refractivity contribution < 1.29 is 106 Å². The molecule has 1 fully saturated rings. The van der Waals surface area contributed by atoms with E-state index in [4.69, 9.17) is 29.4 Å². The SMILES string of the molecule is CCCCCCCC(=O)O[C@@H](CCN)C(=O)N[C@H](C(=O)N[C@@H](CCNC(=O)OC(C)(C)C)C(=O)N[C@H]1CCNC(=O)[C@H]([C@H](C)O)NC(O)[C@H](CCNC(=O)OC(C)(C)C)NC(=O)[C@H](CCNC(=O)OC(C)(C)C)NC(=O)[C@H](CC(C)C)NC(=O)[C@@H](Cc2ccccc2)NC(=O)[C@H](CCNC(=O)OC(C)(C)C)NC1=O)C(C)O. The van der Waals surface area contributed by atoms with Crippen LogP contribution in [-0.2, 0) is 78.1 Å². The number of rotatable bonds is 33. The van der Waals surface area contributed by atoms with Crippen LogP contribution in [0.4, 0.5) is 19.2 Å². The number of hydrogen-bond donors (Lipinski definition) is 18. The lowest BCUT2D eigenvalue weighted by Gasteiger charge is -2.32. The fourth-order valence-electron chi connectivity index (χ4n) is 10.9. The van der Waals surface area contributed by atoms with Gasteiger partial charge in [0.1, 0.15) is 77.0 Å². The number of aliphatic hydroxyl groups is 3. The molecule has 0 aliphatic carbocycles. The molecule has 19 N–H and O–H groups in total. The molecule has 0 bridgehead atoms. The number of nitrogens with one attached hydrogen (secondary N) is 14. The molecule has 13 amide bonds. The van der Waals surface area contributed by atoms with Crippen molar-refractivity contribution in [2.24, 2.45) is 11.7 Å². The molecule has 1 aromatic rings. The molecular formula is C75H129N15O22. The first-order chi connectivity index (χ1) is 52.1. The van der Waals surface area contributed by atoms with Crippen LogP contribution in [0.5, 0.6) is 0 Å². The minimum Gasteiger partial charge on any atom is -0.452 e. The zero-order chi connectivity index (χ0) is 84.9. The number of aliphatic hydroxyl groups excluding tert-OH is 3. The van der Waals surface area contributed by atoms with Gasteiger partial charge >= 0.3 is 30.3 Å². The maximum Gasteiger partial charge on any atom is 0.407 e. The van der Waals surface area contributed by atoms with E-state index in [1.165, 1.54) is 0 Å². The number of nitrogens with two attached hydrogens (primary N) is 1. The molecule has 1 aliphatic rings. The van der Waals surface area contributed by atoms with Crippen molar-refractivity contribution in [3.63, 3.8) is 0 Å². The van der Waals surface area contributed by atoms with Crippen LogP contribution >= 0.6 is 0 Å². The van der Waals surface area contributed by atoms with Gasteiger partial charge in [0.05, 0.1) is 18.2 Å². The van der Waals surface area contributed by atoms with Gasteiger partial charge in [0.15, 0.2) is 6.10 Å². The molecule has 0 radical (unpaired) electrons. The number of unbranched alkanes of at least 4 members (excludes halogenated alkanes) is 4. The highest BCUT2D eigenvalue weighted by molar-refractivity contribution is 5.98. The molecule has 112 heavy (non-hydrogen) atoms. The van der Waals surface area contributed by atoms with Crippen molar-refractivity contribution in [1.29, 1.82) is 0 Å². The van der Waals surface area contributed by atoms with E-state index < -0.39 is 224 Å². The Kier molecular flexibility index (Phi) is 43.0. The smallest absolute Gasteiger partial charge is 0.407 e. The van der Waals surface area contributed by atoms with Gasteiger partial charge in [-0.2, -0.15) is 0 Å². The monoisotopic (exact) mass is 1590 g/mol. The molecule has 1 heterocycles. The third-order valence-electron chi connectivity index (χ3n) is 16.3. The Labute approximate surface area is 657 Å². The third-order valence-corrected chi connectivity index (χ3v) is 16.3. The van der Waals surface area contributed by atoms with Gasteiger partial charge in [-0.3, -0.25) is 53.3 Å². The molecule has 0 spiro atoms. The summed E-state index contributed by atoms with van der Waals surface area (Å²) in [4.78, 5) is 198. The second-order valence-corrected chi connectivity index (χ2v) is 32.0. The number of amides is 13. The van der Waals surface area contributed by atoms with E-state index in [9.17, 15) is 63.3 Å². The van der Waals surface area contributed by atoms with E-state index in [1.807, 2.05) is 6.92 Å². The van der Waals surface area contributed by atoms with Crippen LogP contribution < -0.4 is 80.2 Å². The highest BCUT2D eigenvalue weighted by Gasteiger charge is 2.39. The minimum atomic E-state index is -2.02. The minimum absolute atomic E-state index is 0.0277. The van der Waals surface area contributed by atoms with E-state index in [-0.39, 0.29) is 64.1 Å². The van der Waals surface area contributed by atoms with Crippen molar-refractivity contribution in [2.45, 2.75) is 309 Å². The van der Waals surface area contributed by atoms with E-state index in [0.29, 0.717) is 12.0 Å². The maximum atomic E-state index is 15.3. The van der Waals surface area contributed by atoms with Crippen molar-refractivity contribution in [2.75, 3.05) is 39.3 Å². The number of esters is 1. The Morgan fingerprint density at radius 3 is 1.50 bits per heavy atom. The van der Waals surface area contributed by atoms with Crippen LogP contribution in [0, 0.1) is 5.92 Å². The van der Waals surface area contributed by atoms with Crippen LogP contribution in [0.15, 0.2) is 30.3 Å². The summed E-state index contributed by atoms with van der Waals surface area (Å²) in [5.41, 5.74) is 2.34. The Balaban J connectivity index is 3.08. The summed E-state index contributed by atoms with van der Waals surface area (Å²) in [5, 5.41) is 70.3. The number of hydrogen-bond acceptors (Lipinski definition) is 24. The fraction of sp³-hybridized carbons (Fsp3) is 0.733. The number of carbonyl (C=O) groups is 14.